The van der Waals surface area contributed by atoms with Gasteiger partial charge in [-0.05, 0) is 43.4 Å². The third-order valence-corrected chi connectivity index (χ3v) is 6.02. The van der Waals surface area contributed by atoms with Crippen LogP contribution in [0.5, 0.6) is 5.75 Å². The van der Waals surface area contributed by atoms with E-state index in [1.165, 1.54) is 12.8 Å². The van der Waals surface area contributed by atoms with Crippen LogP contribution in [0.4, 0.5) is 5.69 Å². The van der Waals surface area contributed by atoms with Crippen LogP contribution >= 0.6 is 17.0 Å². The first-order valence-corrected chi connectivity index (χ1v) is 11.1. The third kappa shape index (κ3) is 4.68. The number of rotatable bonds is 7. The van der Waals surface area contributed by atoms with E-state index in [9.17, 15) is 4.79 Å². The zero-order valence-corrected chi connectivity index (χ0v) is 21.3. The second-order valence-electron chi connectivity index (χ2n) is 9.53. The molecule has 1 fully saturated rings. The van der Waals surface area contributed by atoms with Crippen LogP contribution in [-0.2, 0) is 12.0 Å². The summed E-state index contributed by atoms with van der Waals surface area (Å²) in [5.74, 6) is 1.67. The maximum absolute atomic E-state index is 13.3. The molecule has 1 aromatic carbocycles. The van der Waals surface area contributed by atoms with Gasteiger partial charge in [0.1, 0.15) is 17.3 Å². The van der Waals surface area contributed by atoms with Crippen LogP contribution in [0, 0.1) is 5.41 Å². The Morgan fingerprint density at radius 3 is 2.59 bits per heavy atom. The summed E-state index contributed by atoms with van der Waals surface area (Å²) in [6.45, 7) is 9.82. The maximum Gasteiger partial charge on any atom is 0.182 e. The predicted molar refractivity (Wildman–Crippen MR) is 134 cm³/mol. The Labute approximate surface area is 201 Å². The zero-order valence-electron chi connectivity index (χ0n) is 19.5. The van der Waals surface area contributed by atoms with Crippen LogP contribution < -0.4 is 10.1 Å². The number of amidine groups is 1. The number of nitrogens with one attached hydrogen (secondary N) is 2. The molecule has 1 saturated carbocycles. The first-order chi connectivity index (χ1) is 14.7. The lowest BCUT2D eigenvalue weighted by Crippen LogP contribution is -2.30. The monoisotopic (exact) mass is 500 g/mol. The minimum atomic E-state index is -0.175. The molecule has 4 rings (SSSR count). The van der Waals surface area contributed by atoms with E-state index in [0.29, 0.717) is 23.9 Å². The first-order valence-electron chi connectivity index (χ1n) is 11.1. The van der Waals surface area contributed by atoms with Crippen molar-refractivity contribution >= 4 is 34.3 Å². The van der Waals surface area contributed by atoms with Crippen molar-refractivity contribution < 1.29 is 9.53 Å². The molecule has 172 valence electrons. The van der Waals surface area contributed by atoms with Gasteiger partial charge in [-0.2, -0.15) is 0 Å². The van der Waals surface area contributed by atoms with E-state index in [1.54, 1.807) is 7.11 Å². The van der Waals surface area contributed by atoms with Gasteiger partial charge in [0.2, 0.25) is 0 Å². The Kier molecular flexibility index (Phi) is 6.98. The average Bonchev–Trinajstić information content (AvgIpc) is 3.53. The van der Waals surface area contributed by atoms with Crippen molar-refractivity contribution in [3.63, 3.8) is 0 Å². The summed E-state index contributed by atoms with van der Waals surface area (Å²) in [6.07, 6.45) is 2.37. The second kappa shape index (κ2) is 9.22. The Balaban J connectivity index is 0.00000289. The van der Waals surface area contributed by atoms with Crippen LogP contribution in [0.3, 0.4) is 0 Å². The molecule has 1 aliphatic heterocycles. The number of pyridine rings is 1. The third-order valence-electron chi connectivity index (χ3n) is 6.02. The molecule has 32 heavy (non-hydrogen) atoms. The number of anilines is 1. The largest absolute Gasteiger partial charge is 0.494 e. The topological polar surface area (TPSA) is 78.3 Å². The lowest BCUT2D eigenvalue weighted by molar-refractivity contribution is 0.0962. The lowest BCUT2D eigenvalue weighted by atomic mass is 9.84. The van der Waals surface area contributed by atoms with E-state index >= 15 is 0 Å². The van der Waals surface area contributed by atoms with Crippen LogP contribution in [0.2, 0.25) is 0 Å². The van der Waals surface area contributed by atoms with Crippen LogP contribution in [0.15, 0.2) is 24.3 Å². The van der Waals surface area contributed by atoms with Gasteiger partial charge in [0, 0.05) is 41.4 Å². The number of ketones is 1. The van der Waals surface area contributed by atoms with E-state index in [2.05, 4.69) is 38.2 Å². The number of aromatic nitrogens is 1. The molecule has 2 heterocycles. The van der Waals surface area contributed by atoms with Crippen molar-refractivity contribution in [2.75, 3.05) is 25.5 Å². The number of Topliss-reactive ketones (excluding diaryl/α,β-unsaturated/α-hetero) is 1. The van der Waals surface area contributed by atoms with Crippen molar-refractivity contribution in [1.82, 2.24) is 9.88 Å². The molecule has 0 atom stereocenters. The van der Waals surface area contributed by atoms with Crippen molar-refractivity contribution in [2.24, 2.45) is 0 Å². The number of benzene rings is 1. The van der Waals surface area contributed by atoms with Crippen molar-refractivity contribution in [2.45, 2.75) is 58.4 Å². The number of carbonyl (C=O) groups excluding carboxylic acids is 1. The van der Waals surface area contributed by atoms with Gasteiger partial charge in [0.05, 0.1) is 19.3 Å². The molecule has 0 bridgehead atoms. The fourth-order valence-electron chi connectivity index (χ4n) is 4.16. The van der Waals surface area contributed by atoms with Gasteiger partial charge in [-0.25, -0.2) is 4.98 Å². The van der Waals surface area contributed by atoms with Gasteiger partial charge < -0.3 is 15.0 Å². The van der Waals surface area contributed by atoms with Gasteiger partial charge in [-0.15, -0.1) is 17.0 Å². The fourth-order valence-corrected chi connectivity index (χ4v) is 4.16. The number of nitrogens with zero attached hydrogens (tertiary/aromatic N) is 2. The molecule has 2 N–H and O–H groups in total. The molecule has 1 aliphatic carbocycles. The summed E-state index contributed by atoms with van der Waals surface area (Å²) in [5.41, 5.74) is 5.12. The fraction of sp³-hybridized carbons (Fsp3) is 0.480. The highest BCUT2D eigenvalue weighted by Crippen LogP contribution is 2.40. The summed E-state index contributed by atoms with van der Waals surface area (Å²) in [7, 11) is 1.67. The molecule has 6 nitrogen and oxygen atoms in total. The Hall–Kier alpha value is -2.41. The molecule has 2 aromatic rings. The number of hydrogen-bond acceptors (Lipinski definition) is 5. The Morgan fingerprint density at radius 2 is 2.00 bits per heavy atom. The normalized spacial score (nSPS) is 15.3. The summed E-state index contributed by atoms with van der Waals surface area (Å²) in [6, 6.07) is 7.97. The summed E-state index contributed by atoms with van der Waals surface area (Å²) in [5, 5.41) is 11.9. The van der Waals surface area contributed by atoms with E-state index in [4.69, 9.17) is 15.1 Å². The van der Waals surface area contributed by atoms with Crippen LogP contribution in [-0.4, -0.2) is 41.7 Å². The molecule has 0 amide bonds. The predicted octanol–water partition coefficient (Wildman–Crippen LogP) is 5.30. The Morgan fingerprint density at radius 1 is 1.28 bits per heavy atom. The van der Waals surface area contributed by atoms with E-state index in [1.807, 2.05) is 24.0 Å². The molecule has 0 radical (unpaired) electrons. The minimum Gasteiger partial charge on any atom is -0.494 e. The number of halogens is 1. The number of ether oxygens (including phenoxy) is 1. The highest BCUT2D eigenvalue weighted by atomic mass is 79.9. The standard InChI is InChI=1S/C25H32N4O2.BrH/c1-6-27-20-12-17(11-18(23(20)31-5)25(2,3)4)21(30)14-29-13-16-9-10-19(15-7-8-15)28-22(16)24(29)26;/h9-12,15,26-27H,6-8,13-14H2,1-5H3;1H. The summed E-state index contributed by atoms with van der Waals surface area (Å²) in [4.78, 5) is 19.8. The molecule has 0 spiro atoms. The second-order valence-corrected chi connectivity index (χ2v) is 9.53. The summed E-state index contributed by atoms with van der Waals surface area (Å²) >= 11 is 0. The molecule has 7 heteroatoms. The maximum atomic E-state index is 13.3. The average molecular weight is 501 g/mol. The molecule has 1 aromatic heterocycles. The number of fused-ring (bicyclic) bond motifs is 1. The molecule has 0 unspecified atom stereocenters. The van der Waals surface area contributed by atoms with E-state index < -0.39 is 0 Å². The van der Waals surface area contributed by atoms with E-state index in [-0.39, 0.29) is 34.7 Å². The summed E-state index contributed by atoms with van der Waals surface area (Å²) < 4.78 is 5.69. The van der Waals surface area contributed by atoms with Crippen molar-refractivity contribution in [3.8, 4) is 5.75 Å². The van der Waals surface area contributed by atoms with Gasteiger partial charge >= 0.3 is 0 Å². The quantitative estimate of drug-likeness (QED) is 0.504. The van der Waals surface area contributed by atoms with Gasteiger partial charge in [-0.1, -0.05) is 26.8 Å². The molecular weight excluding hydrogens is 468 g/mol. The molecular formula is C25H33BrN4O2. The van der Waals surface area contributed by atoms with Gasteiger partial charge in [0.15, 0.2) is 5.78 Å². The highest BCUT2D eigenvalue weighted by Gasteiger charge is 2.32. The Bertz CT molecular complexity index is 1040. The molecule has 0 saturated heterocycles. The van der Waals surface area contributed by atoms with Crippen molar-refractivity contribution in [1.29, 1.82) is 5.41 Å². The zero-order chi connectivity index (χ0) is 22.3. The smallest absolute Gasteiger partial charge is 0.182 e. The minimum absolute atomic E-state index is 0. The van der Waals surface area contributed by atoms with Crippen molar-refractivity contribution in [3.05, 3.63) is 52.3 Å². The molecule has 2 aliphatic rings. The SMILES string of the molecule is Br.CCNc1cc(C(=O)CN2Cc3ccc(C4CC4)nc3C2=N)cc(C(C)(C)C)c1OC. The van der Waals surface area contributed by atoms with Crippen LogP contribution in [0.1, 0.15) is 79.3 Å². The van der Waals surface area contributed by atoms with Gasteiger partial charge in [0.25, 0.3) is 0 Å². The van der Waals surface area contributed by atoms with E-state index in [0.717, 1.165) is 40.5 Å². The highest BCUT2D eigenvalue weighted by molar-refractivity contribution is 8.93. The lowest BCUT2D eigenvalue weighted by Gasteiger charge is -2.25. The first kappa shape index (κ1) is 24.2. The number of carbonyl (C=O) groups is 1. The number of hydrogen-bond donors (Lipinski definition) is 2. The number of methoxy groups -OCH3 is 1. The van der Waals surface area contributed by atoms with Crippen LogP contribution in [0.25, 0.3) is 0 Å². The van der Waals surface area contributed by atoms with Gasteiger partial charge in [-0.3, -0.25) is 10.2 Å².